The number of benzene rings is 1. The first-order valence-electron chi connectivity index (χ1n) is 4.81. The van der Waals surface area contributed by atoms with Crippen molar-refractivity contribution in [1.82, 2.24) is 4.98 Å². The Morgan fingerprint density at radius 3 is 2.15 bits per heavy atom. The number of hydrogen-bond acceptors (Lipinski definition) is 6. The molecule has 1 aromatic carbocycles. The number of halogens is 2. The number of hydrogen-bond donors (Lipinski definition) is 2. The van der Waals surface area contributed by atoms with Crippen molar-refractivity contribution >= 4 is 45.5 Å². The van der Waals surface area contributed by atoms with Gasteiger partial charge in [-0.3, -0.25) is 25.0 Å². The molecule has 9 nitrogen and oxygen atoms in total. The molecule has 0 aliphatic heterocycles. The topological polar surface area (TPSA) is 139 Å². The monoisotopic (exact) mass is 319 g/mol. The number of rotatable bonds is 2. The van der Waals surface area contributed by atoms with Gasteiger partial charge in [0.15, 0.2) is 0 Å². The molecule has 0 aliphatic carbocycles. The third-order valence-corrected chi connectivity index (χ3v) is 3.07. The van der Waals surface area contributed by atoms with Crippen molar-refractivity contribution in [3.8, 4) is 5.75 Å². The van der Waals surface area contributed by atoms with Crippen LogP contribution >= 0.6 is 23.2 Å². The van der Waals surface area contributed by atoms with E-state index >= 15 is 0 Å². The minimum absolute atomic E-state index is 0.271. The summed E-state index contributed by atoms with van der Waals surface area (Å²) < 4.78 is 0. The lowest BCUT2D eigenvalue weighted by Gasteiger charge is -2.06. The van der Waals surface area contributed by atoms with E-state index in [1.165, 1.54) is 0 Å². The molecule has 0 fully saturated rings. The number of aromatic amines is 1. The average molecular weight is 320 g/mol. The maximum absolute atomic E-state index is 11.5. The Morgan fingerprint density at radius 2 is 1.65 bits per heavy atom. The summed E-state index contributed by atoms with van der Waals surface area (Å²) in [4.78, 5) is 33.1. The summed E-state index contributed by atoms with van der Waals surface area (Å²) in [5.41, 5.74) is -3.66. The highest BCUT2D eigenvalue weighted by Crippen LogP contribution is 2.42. The Kier molecular flexibility index (Phi) is 3.24. The molecule has 104 valence electrons. The fraction of sp³-hybridized carbons (Fsp3) is 0. The average Bonchev–Trinajstić information content (AvgIpc) is 2.25. The molecule has 2 N–H and O–H groups in total. The van der Waals surface area contributed by atoms with Crippen molar-refractivity contribution in [2.24, 2.45) is 0 Å². The maximum atomic E-state index is 11.5. The van der Waals surface area contributed by atoms with Gasteiger partial charge in [-0.25, -0.2) is 0 Å². The zero-order valence-electron chi connectivity index (χ0n) is 9.22. The summed E-state index contributed by atoms with van der Waals surface area (Å²) in [5.74, 6) is -1.06. The van der Waals surface area contributed by atoms with Crippen molar-refractivity contribution in [2.75, 3.05) is 0 Å². The number of nitrogens with one attached hydrogen (secondary N) is 1. The van der Waals surface area contributed by atoms with Gasteiger partial charge in [-0.2, -0.15) is 0 Å². The summed E-state index contributed by atoms with van der Waals surface area (Å²) in [6, 6.07) is 0.950. The fourth-order valence-electron chi connectivity index (χ4n) is 1.71. The van der Waals surface area contributed by atoms with Gasteiger partial charge in [0.2, 0.25) is 5.75 Å². The summed E-state index contributed by atoms with van der Waals surface area (Å²) in [5, 5.41) is 30.3. The van der Waals surface area contributed by atoms with Gasteiger partial charge < -0.3 is 10.1 Å². The maximum Gasteiger partial charge on any atom is 0.375 e. The Hall–Kier alpha value is -2.39. The molecule has 2 aromatic rings. The zero-order valence-corrected chi connectivity index (χ0v) is 10.7. The highest BCUT2D eigenvalue weighted by Gasteiger charge is 2.29. The van der Waals surface area contributed by atoms with Crippen LogP contribution in [0.15, 0.2) is 10.9 Å². The second-order valence-electron chi connectivity index (χ2n) is 3.60. The van der Waals surface area contributed by atoms with Gasteiger partial charge in [-0.15, -0.1) is 0 Å². The van der Waals surface area contributed by atoms with Crippen molar-refractivity contribution in [3.63, 3.8) is 0 Å². The molecule has 0 atom stereocenters. The molecule has 0 bridgehead atoms. The lowest BCUT2D eigenvalue weighted by molar-refractivity contribution is -0.387. The van der Waals surface area contributed by atoms with E-state index < -0.39 is 43.4 Å². The normalized spacial score (nSPS) is 10.7. The van der Waals surface area contributed by atoms with Crippen LogP contribution in [0.3, 0.4) is 0 Å². The number of nitro benzene ring substituents is 1. The van der Waals surface area contributed by atoms with Crippen LogP contribution in [-0.2, 0) is 0 Å². The predicted molar refractivity (Wildman–Crippen MR) is 69.6 cm³/mol. The minimum atomic E-state index is -1.30. The number of fused-ring (bicyclic) bond motifs is 1. The zero-order chi connectivity index (χ0) is 15.2. The highest BCUT2D eigenvalue weighted by atomic mass is 35.5. The van der Waals surface area contributed by atoms with E-state index in [0.29, 0.717) is 0 Å². The molecule has 1 aromatic heterocycles. The first-order chi connectivity index (χ1) is 9.25. The third kappa shape index (κ3) is 1.92. The molecule has 0 saturated heterocycles. The van der Waals surface area contributed by atoms with Gasteiger partial charge in [-0.05, 0) is 6.07 Å². The van der Waals surface area contributed by atoms with E-state index in [1.807, 2.05) is 4.98 Å². The van der Waals surface area contributed by atoms with Crippen LogP contribution in [0, 0.1) is 20.2 Å². The SMILES string of the molecule is O=c1[nH]c2c([N+](=O)[O-])c(Cl)cc(Cl)c2c(O)c1[N+](=O)[O-]. The van der Waals surface area contributed by atoms with E-state index in [1.54, 1.807) is 0 Å². The summed E-state index contributed by atoms with van der Waals surface area (Å²) >= 11 is 11.4. The first kappa shape index (κ1) is 14.0. The Labute approximate surface area is 118 Å². The second kappa shape index (κ2) is 4.62. The fourth-order valence-corrected chi connectivity index (χ4v) is 2.33. The summed E-state index contributed by atoms with van der Waals surface area (Å²) in [7, 11) is 0. The van der Waals surface area contributed by atoms with Gasteiger partial charge in [-0.1, -0.05) is 23.2 Å². The van der Waals surface area contributed by atoms with Gasteiger partial charge in [0.25, 0.3) is 0 Å². The van der Waals surface area contributed by atoms with E-state index in [4.69, 9.17) is 23.2 Å². The van der Waals surface area contributed by atoms with Gasteiger partial charge in [0.05, 0.1) is 20.3 Å². The third-order valence-electron chi connectivity index (χ3n) is 2.49. The van der Waals surface area contributed by atoms with Crippen LogP contribution < -0.4 is 5.56 Å². The molecule has 2 rings (SSSR count). The van der Waals surface area contributed by atoms with E-state index in [9.17, 15) is 30.1 Å². The van der Waals surface area contributed by atoms with E-state index in [-0.39, 0.29) is 10.0 Å². The molecule has 0 aliphatic rings. The summed E-state index contributed by atoms with van der Waals surface area (Å²) in [6.07, 6.45) is 0. The van der Waals surface area contributed by atoms with Crippen molar-refractivity contribution in [2.45, 2.75) is 0 Å². The predicted octanol–water partition coefficient (Wildman–Crippen LogP) is 2.36. The first-order valence-corrected chi connectivity index (χ1v) is 5.57. The molecule has 0 amide bonds. The standard InChI is InChI=1S/C9H3Cl2N3O6/c10-2-1-3(11)6(13(17)18)5-4(2)8(15)7(14(19)20)9(16)12-5/h1H,(H2,12,15,16). The summed E-state index contributed by atoms with van der Waals surface area (Å²) in [6.45, 7) is 0. The van der Waals surface area contributed by atoms with Crippen LogP contribution in [0.4, 0.5) is 11.4 Å². The lowest BCUT2D eigenvalue weighted by Crippen LogP contribution is -2.12. The number of aromatic nitrogens is 1. The Morgan fingerprint density at radius 1 is 1.10 bits per heavy atom. The van der Waals surface area contributed by atoms with Crippen LogP contribution in [-0.4, -0.2) is 19.9 Å². The molecule has 11 heteroatoms. The molecular formula is C9H3Cl2N3O6. The molecule has 0 unspecified atom stereocenters. The van der Waals surface area contributed by atoms with Crippen LogP contribution in [0.25, 0.3) is 10.9 Å². The molecule has 1 heterocycles. The number of nitro groups is 2. The van der Waals surface area contributed by atoms with E-state index in [2.05, 4.69) is 0 Å². The molecule has 0 radical (unpaired) electrons. The number of pyridine rings is 1. The largest absolute Gasteiger partial charge is 0.501 e. The van der Waals surface area contributed by atoms with Gasteiger partial charge in [0, 0.05) is 0 Å². The van der Waals surface area contributed by atoms with Crippen LogP contribution in [0.1, 0.15) is 0 Å². The van der Waals surface area contributed by atoms with Gasteiger partial charge >= 0.3 is 16.9 Å². The number of aromatic hydroxyl groups is 1. The highest BCUT2D eigenvalue weighted by molar-refractivity contribution is 6.40. The number of H-pyrrole nitrogens is 1. The van der Waals surface area contributed by atoms with E-state index in [0.717, 1.165) is 6.07 Å². The minimum Gasteiger partial charge on any atom is -0.501 e. The van der Waals surface area contributed by atoms with Crippen LogP contribution in [0.2, 0.25) is 10.0 Å². The quantitative estimate of drug-likeness (QED) is 0.643. The van der Waals surface area contributed by atoms with Gasteiger partial charge in [0.1, 0.15) is 10.5 Å². The van der Waals surface area contributed by atoms with Crippen LogP contribution in [0.5, 0.6) is 5.75 Å². The second-order valence-corrected chi connectivity index (χ2v) is 4.42. The molecule has 0 saturated carbocycles. The Balaban J connectivity index is 3.13. The van der Waals surface area contributed by atoms with Crippen molar-refractivity contribution < 1.29 is 15.0 Å². The molecule has 0 spiro atoms. The molecule has 20 heavy (non-hydrogen) atoms. The van der Waals surface area contributed by atoms with Crippen molar-refractivity contribution in [3.05, 3.63) is 46.7 Å². The smallest absolute Gasteiger partial charge is 0.375 e. The Bertz CT molecular complexity index is 831. The molecular weight excluding hydrogens is 317 g/mol. The number of nitrogens with zero attached hydrogens (tertiary/aromatic N) is 2. The van der Waals surface area contributed by atoms with Crippen molar-refractivity contribution in [1.29, 1.82) is 0 Å². The lowest BCUT2D eigenvalue weighted by atomic mass is 10.1.